The van der Waals surface area contributed by atoms with Crippen molar-refractivity contribution in [2.24, 2.45) is 0 Å². The molecule has 0 aliphatic heterocycles. The molecule has 3 rings (SSSR count). The van der Waals surface area contributed by atoms with Crippen LogP contribution in [0.1, 0.15) is 0 Å². The molecule has 0 saturated heterocycles. The largest absolute Gasteiger partial charge is 0.300 e. The van der Waals surface area contributed by atoms with Crippen LogP contribution in [0.3, 0.4) is 0 Å². The monoisotopic (exact) mass is 345 g/mol. The van der Waals surface area contributed by atoms with Gasteiger partial charge in [-0.2, -0.15) is 0 Å². The highest BCUT2D eigenvalue weighted by atomic mass is 32.2. The van der Waals surface area contributed by atoms with Crippen LogP contribution in [0.25, 0.3) is 10.6 Å². The van der Waals surface area contributed by atoms with Crippen molar-refractivity contribution in [1.82, 2.24) is 10.2 Å². The predicted molar refractivity (Wildman–Crippen MR) is 91.1 cm³/mol. The zero-order chi connectivity index (χ0) is 16.1. The molecule has 0 bridgehead atoms. The van der Waals surface area contributed by atoms with E-state index in [2.05, 4.69) is 15.5 Å². The molecule has 0 aliphatic carbocycles. The first-order chi connectivity index (χ1) is 11.2. The number of nitrogens with zero attached hydrogens (tertiary/aromatic N) is 2. The fourth-order valence-corrected chi connectivity index (χ4v) is 3.34. The second-order valence-corrected chi connectivity index (χ2v) is 6.54. The van der Waals surface area contributed by atoms with Gasteiger partial charge >= 0.3 is 0 Å². The van der Waals surface area contributed by atoms with Crippen LogP contribution in [-0.4, -0.2) is 21.9 Å². The molecule has 2 aromatic carbocycles. The summed E-state index contributed by atoms with van der Waals surface area (Å²) in [5, 5.41) is 11.9. The fourth-order valence-electron chi connectivity index (χ4n) is 1.83. The molecule has 0 saturated carbocycles. The maximum atomic E-state index is 13.5. The van der Waals surface area contributed by atoms with Crippen LogP contribution in [-0.2, 0) is 4.79 Å². The van der Waals surface area contributed by atoms with Crippen molar-refractivity contribution in [3.8, 4) is 10.6 Å². The fraction of sp³-hybridized carbons (Fsp3) is 0.0625. The van der Waals surface area contributed by atoms with Crippen LogP contribution in [0.5, 0.6) is 0 Å². The summed E-state index contributed by atoms with van der Waals surface area (Å²) in [5.41, 5.74) is 0.950. The van der Waals surface area contributed by atoms with E-state index in [1.807, 2.05) is 30.3 Å². The molecule has 1 aromatic heterocycles. The van der Waals surface area contributed by atoms with Crippen molar-refractivity contribution in [3.05, 3.63) is 60.4 Å². The van der Waals surface area contributed by atoms with Crippen LogP contribution in [0, 0.1) is 5.82 Å². The molecule has 0 atom stereocenters. The summed E-state index contributed by atoms with van der Waals surface area (Å²) >= 11 is 2.45. The van der Waals surface area contributed by atoms with Gasteiger partial charge in [0.05, 0.1) is 5.75 Å². The normalized spacial score (nSPS) is 10.5. The number of thioether (sulfide) groups is 1. The van der Waals surface area contributed by atoms with Crippen LogP contribution in [0.4, 0.5) is 9.52 Å². The summed E-state index contributed by atoms with van der Waals surface area (Å²) in [6, 6.07) is 16.0. The van der Waals surface area contributed by atoms with Crippen molar-refractivity contribution < 1.29 is 9.18 Å². The first-order valence-electron chi connectivity index (χ1n) is 6.78. The Morgan fingerprint density at radius 2 is 1.83 bits per heavy atom. The number of halogens is 1. The van der Waals surface area contributed by atoms with E-state index in [4.69, 9.17) is 0 Å². The highest BCUT2D eigenvalue weighted by Crippen LogP contribution is 2.26. The van der Waals surface area contributed by atoms with Crippen LogP contribution >= 0.6 is 23.1 Å². The Kier molecular flexibility index (Phi) is 4.99. The van der Waals surface area contributed by atoms with Gasteiger partial charge in [-0.15, -0.1) is 22.0 Å². The third kappa shape index (κ3) is 4.14. The molecule has 7 heteroatoms. The quantitative estimate of drug-likeness (QED) is 0.708. The third-order valence-corrected chi connectivity index (χ3v) is 4.82. The third-order valence-electron chi connectivity index (χ3n) is 2.89. The van der Waals surface area contributed by atoms with Gasteiger partial charge in [0.1, 0.15) is 10.8 Å². The van der Waals surface area contributed by atoms with Crippen molar-refractivity contribution in [2.75, 3.05) is 11.1 Å². The van der Waals surface area contributed by atoms with Gasteiger partial charge < -0.3 is 0 Å². The molecular weight excluding hydrogens is 333 g/mol. The zero-order valence-electron chi connectivity index (χ0n) is 11.9. The van der Waals surface area contributed by atoms with Gasteiger partial charge in [-0.1, -0.05) is 53.8 Å². The van der Waals surface area contributed by atoms with Gasteiger partial charge in [0.25, 0.3) is 0 Å². The van der Waals surface area contributed by atoms with E-state index in [-0.39, 0.29) is 17.5 Å². The number of carbonyl (C=O) groups is 1. The van der Waals surface area contributed by atoms with Crippen molar-refractivity contribution in [3.63, 3.8) is 0 Å². The lowest BCUT2D eigenvalue weighted by atomic mass is 10.2. The first kappa shape index (κ1) is 15.6. The molecule has 0 spiro atoms. The van der Waals surface area contributed by atoms with E-state index in [1.54, 1.807) is 18.2 Å². The number of amides is 1. The number of nitrogens with one attached hydrogen (secondary N) is 1. The Morgan fingerprint density at radius 1 is 1.09 bits per heavy atom. The number of carbonyl (C=O) groups excluding carboxylic acids is 1. The lowest BCUT2D eigenvalue weighted by molar-refractivity contribution is -0.113. The lowest BCUT2D eigenvalue weighted by Crippen LogP contribution is -2.13. The Labute approximate surface area is 140 Å². The SMILES string of the molecule is O=C(CSc1ccccc1F)Nc1nnc(-c2ccccc2)s1. The minimum atomic E-state index is -0.326. The summed E-state index contributed by atoms with van der Waals surface area (Å²) in [6.07, 6.45) is 0. The smallest absolute Gasteiger partial charge is 0.236 e. The Hall–Kier alpha value is -2.25. The average molecular weight is 345 g/mol. The van der Waals surface area contributed by atoms with E-state index in [0.717, 1.165) is 22.3 Å². The molecule has 23 heavy (non-hydrogen) atoms. The van der Waals surface area contributed by atoms with E-state index < -0.39 is 0 Å². The van der Waals surface area contributed by atoms with Crippen molar-refractivity contribution in [2.45, 2.75) is 4.90 Å². The average Bonchev–Trinajstić information content (AvgIpc) is 3.03. The Balaban J connectivity index is 1.58. The molecule has 4 nitrogen and oxygen atoms in total. The van der Waals surface area contributed by atoms with Crippen LogP contribution in [0.15, 0.2) is 59.5 Å². The van der Waals surface area contributed by atoms with E-state index in [1.165, 1.54) is 17.4 Å². The number of hydrogen-bond acceptors (Lipinski definition) is 5. The van der Waals surface area contributed by atoms with E-state index in [9.17, 15) is 9.18 Å². The molecule has 0 aliphatic rings. The predicted octanol–water partition coefficient (Wildman–Crippen LogP) is 4.08. The second kappa shape index (κ2) is 7.34. The number of hydrogen-bond donors (Lipinski definition) is 1. The van der Waals surface area contributed by atoms with Crippen molar-refractivity contribution in [1.29, 1.82) is 0 Å². The molecule has 116 valence electrons. The van der Waals surface area contributed by atoms with Gasteiger partial charge in [0.2, 0.25) is 11.0 Å². The van der Waals surface area contributed by atoms with Gasteiger partial charge in [-0.05, 0) is 12.1 Å². The summed E-state index contributed by atoms with van der Waals surface area (Å²) in [6.45, 7) is 0. The van der Waals surface area contributed by atoms with Crippen LogP contribution in [0.2, 0.25) is 0 Å². The molecular formula is C16H12FN3OS2. The van der Waals surface area contributed by atoms with E-state index >= 15 is 0 Å². The molecule has 1 amide bonds. The van der Waals surface area contributed by atoms with E-state index in [0.29, 0.717) is 10.0 Å². The van der Waals surface area contributed by atoms with Gasteiger partial charge in [-0.25, -0.2) is 4.39 Å². The first-order valence-corrected chi connectivity index (χ1v) is 8.59. The number of anilines is 1. The topological polar surface area (TPSA) is 54.9 Å². The second-order valence-electron chi connectivity index (χ2n) is 4.55. The Morgan fingerprint density at radius 3 is 2.61 bits per heavy atom. The van der Waals surface area contributed by atoms with Gasteiger partial charge in [0.15, 0.2) is 0 Å². The standard InChI is InChI=1S/C16H12FN3OS2/c17-12-8-4-5-9-13(12)22-10-14(21)18-16-20-19-15(23-16)11-6-2-1-3-7-11/h1-9H,10H2,(H,18,20,21). The van der Waals surface area contributed by atoms with Gasteiger partial charge in [-0.3, -0.25) is 10.1 Å². The summed E-state index contributed by atoms with van der Waals surface area (Å²) in [5.74, 6) is -0.456. The molecule has 1 N–H and O–H groups in total. The summed E-state index contributed by atoms with van der Waals surface area (Å²) in [7, 11) is 0. The molecule has 3 aromatic rings. The number of rotatable bonds is 5. The Bertz CT molecular complexity index is 808. The number of benzene rings is 2. The maximum Gasteiger partial charge on any atom is 0.236 e. The van der Waals surface area contributed by atoms with Crippen molar-refractivity contribution >= 4 is 34.1 Å². The minimum absolute atomic E-state index is 0.112. The number of aromatic nitrogens is 2. The van der Waals surface area contributed by atoms with Gasteiger partial charge in [0, 0.05) is 10.5 Å². The highest BCUT2D eigenvalue weighted by molar-refractivity contribution is 8.00. The molecule has 0 radical (unpaired) electrons. The lowest BCUT2D eigenvalue weighted by Gasteiger charge is -2.02. The molecule has 0 fully saturated rings. The molecule has 0 unspecified atom stereocenters. The molecule has 1 heterocycles. The maximum absolute atomic E-state index is 13.5. The van der Waals surface area contributed by atoms with Crippen LogP contribution < -0.4 is 5.32 Å². The summed E-state index contributed by atoms with van der Waals surface area (Å²) in [4.78, 5) is 12.4. The zero-order valence-corrected chi connectivity index (χ0v) is 13.5. The highest BCUT2D eigenvalue weighted by Gasteiger charge is 2.11. The minimum Gasteiger partial charge on any atom is -0.300 e. The summed E-state index contributed by atoms with van der Waals surface area (Å²) < 4.78 is 13.5.